The predicted molar refractivity (Wildman–Crippen MR) is 73.7 cm³/mol. The lowest BCUT2D eigenvalue weighted by atomic mass is 10.1. The number of amides is 1. The van der Waals surface area contributed by atoms with Crippen LogP contribution in [0, 0.1) is 5.82 Å². The van der Waals surface area contributed by atoms with E-state index in [-0.39, 0.29) is 5.02 Å². The van der Waals surface area contributed by atoms with Crippen molar-refractivity contribution in [1.82, 2.24) is 0 Å². The smallest absolute Gasteiger partial charge is 0.248 e. The van der Waals surface area contributed by atoms with E-state index in [4.69, 9.17) is 17.3 Å². The molecule has 19 heavy (non-hydrogen) atoms. The van der Waals surface area contributed by atoms with Crippen LogP contribution in [0.3, 0.4) is 0 Å². The van der Waals surface area contributed by atoms with Crippen molar-refractivity contribution < 1.29 is 9.18 Å². The fraction of sp³-hybridized carbons (Fsp3) is 0.0714. The second-order valence-electron chi connectivity index (χ2n) is 4.01. The van der Waals surface area contributed by atoms with Gasteiger partial charge in [0.25, 0.3) is 0 Å². The summed E-state index contributed by atoms with van der Waals surface area (Å²) in [5, 5.41) is 3.16. The predicted octanol–water partition coefficient (Wildman–Crippen LogP) is 3.19. The van der Waals surface area contributed by atoms with E-state index in [1.807, 2.05) is 0 Å². The highest BCUT2D eigenvalue weighted by atomic mass is 35.5. The van der Waals surface area contributed by atoms with E-state index in [2.05, 4.69) is 5.32 Å². The number of rotatable bonds is 4. The van der Waals surface area contributed by atoms with E-state index in [1.165, 1.54) is 6.07 Å². The first-order chi connectivity index (χ1) is 9.08. The van der Waals surface area contributed by atoms with E-state index in [0.29, 0.717) is 17.7 Å². The molecule has 3 N–H and O–H groups in total. The van der Waals surface area contributed by atoms with Crippen molar-refractivity contribution in [2.45, 2.75) is 6.54 Å². The Balaban J connectivity index is 2.12. The van der Waals surface area contributed by atoms with Crippen molar-refractivity contribution in [2.24, 2.45) is 5.73 Å². The molecule has 0 bridgehead atoms. The molecule has 98 valence electrons. The lowest BCUT2D eigenvalue weighted by Crippen LogP contribution is -2.11. The first kappa shape index (κ1) is 13.4. The van der Waals surface area contributed by atoms with Gasteiger partial charge in [-0.1, -0.05) is 29.8 Å². The van der Waals surface area contributed by atoms with E-state index < -0.39 is 11.7 Å². The molecule has 0 saturated carbocycles. The Hall–Kier alpha value is -2.07. The zero-order chi connectivity index (χ0) is 13.8. The third-order valence-electron chi connectivity index (χ3n) is 2.66. The van der Waals surface area contributed by atoms with Gasteiger partial charge in [0.15, 0.2) is 0 Å². The summed E-state index contributed by atoms with van der Waals surface area (Å²) in [6, 6.07) is 11.4. The van der Waals surface area contributed by atoms with Crippen LogP contribution in [0.4, 0.5) is 10.1 Å². The van der Waals surface area contributed by atoms with Crippen LogP contribution in [-0.2, 0) is 6.54 Å². The first-order valence-electron chi connectivity index (χ1n) is 5.64. The minimum atomic E-state index is -0.493. The summed E-state index contributed by atoms with van der Waals surface area (Å²) in [6.07, 6.45) is 0. The quantitative estimate of drug-likeness (QED) is 0.902. The summed E-state index contributed by atoms with van der Waals surface area (Å²) in [7, 11) is 0. The number of carbonyl (C=O) groups excluding carboxylic acids is 1. The third-order valence-corrected chi connectivity index (χ3v) is 3.08. The van der Waals surface area contributed by atoms with Gasteiger partial charge in [-0.05, 0) is 29.8 Å². The Morgan fingerprint density at radius 2 is 2.00 bits per heavy atom. The number of nitrogens with two attached hydrogens (primary N) is 1. The fourth-order valence-electron chi connectivity index (χ4n) is 1.66. The molecule has 0 unspecified atom stereocenters. The van der Waals surface area contributed by atoms with Crippen LogP contribution in [0.15, 0.2) is 42.5 Å². The zero-order valence-corrected chi connectivity index (χ0v) is 10.7. The molecule has 1 amide bonds. The van der Waals surface area contributed by atoms with Gasteiger partial charge >= 0.3 is 0 Å². The lowest BCUT2D eigenvalue weighted by molar-refractivity contribution is 0.100. The summed E-state index contributed by atoms with van der Waals surface area (Å²) < 4.78 is 13.3. The normalized spacial score (nSPS) is 10.2. The molecule has 0 fully saturated rings. The number of hydrogen-bond acceptors (Lipinski definition) is 2. The molecule has 0 aromatic heterocycles. The molecule has 0 aliphatic rings. The van der Waals surface area contributed by atoms with E-state index in [1.54, 1.807) is 36.4 Å². The highest BCUT2D eigenvalue weighted by molar-refractivity contribution is 6.31. The van der Waals surface area contributed by atoms with Crippen molar-refractivity contribution >= 4 is 23.2 Å². The topological polar surface area (TPSA) is 55.1 Å². The number of primary amides is 1. The molecule has 0 radical (unpaired) electrons. The average Bonchev–Trinajstić information content (AvgIpc) is 2.41. The lowest BCUT2D eigenvalue weighted by Gasteiger charge is -2.09. The number of carbonyl (C=O) groups is 1. The summed E-state index contributed by atoms with van der Waals surface area (Å²) in [5.41, 5.74) is 6.97. The molecule has 0 aliphatic heterocycles. The van der Waals surface area contributed by atoms with Gasteiger partial charge in [-0.2, -0.15) is 0 Å². The molecular weight excluding hydrogens is 267 g/mol. The van der Waals surface area contributed by atoms with Crippen LogP contribution in [0.25, 0.3) is 0 Å². The number of benzene rings is 2. The summed E-state index contributed by atoms with van der Waals surface area (Å²) in [5.74, 6) is -0.945. The first-order valence-corrected chi connectivity index (χ1v) is 6.02. The van der Waals surface area contributed by atoms with Crippen LogP contribution in [0.1, 0.15) is 15.9 Å². The summed E-state index contributed by atoms with van der Waals surface area (Å²) in [4.78, 5) is 11.0. The van der Waals surface area contributed by atoms with Crippen LogP contribution >= 0.6 is 11.6 Å². The Kier molecular flexibility index (Phi) is 4.02. The van der Waals surface area contributed by atoms with Crippen LogP contribution in [-0.4, -0.2) is 5.91 Å². The number of nitrogens with one attached hydrogen (secondary N) is 1. The van der Waals surface area contributed by atoms with E-state index >= 15 is 0 Å². The molecule has 0 spiro atoms. The van der Waals surface area contributed by atoms with Gasteiger partial charge in [-0.25, -0.2) is 4.39 Å². The van der Waals surface area contributed by atoms with Gasteiger partial charge < -0.3 is 11.1 Å². The SMILES string of the molecule is NC(=O)c1cccc(NCc2cccc(F)c2Cl)c1. The van der Waals surface area contributed by atoms with Gasteiger partial charge in [0.1, 0.15) is 5.82 Å². The van der Waals surface area contributed by atoms with Crippen molar-refractivity contribution in [3.8, 4) is 0 Å². The number of hydrogen-bond donors (Lipinski definition) is 2. The molecular formula is C14H12ClFN2O. The minimum Gasteiger partial charge on any atom is -0.381 e. The molecule has 2 rings (SSSR count). The molecule has 0 atom stereocenters. The maximum absolute atomic E-state index is 13.3. The monoisotopic (exact) mass is 278 g/mol. The van der Waals surface area contributed by atoms with E-state index in [9.17, 15) is 9.18 Å². The van der Waals surface area contributed by atoms with Crippen LogP contribution in [0.2, 0.25) is 5.02 Å². The molecule has 0 heterocycles. The summed E-state index contributed by atoms with van der Waals surface area (Å²) in [6.45, 7) is 0.360. The minimum absolute atomic E-state index is 0.0982. The molecule has 3 nitrogen and oxygen atoms in total. The maximum atomic E-state index is 13.3. The van der Waals surface area contributed by atoms with Gasteiger partial charge in [-0.15, -0.1) is 0 Å². The van der Waals surface area contributed by atoms with Gasteiger partial charge in [0.2, 0.25) is 5.91 Å². The van der Waals surface area contributed by atoms with Crippen molar-refractivity contribution in [3.63, 3.8) is 0 Å². The Morgan fingerprint density at radius 1 is 1.26 bits per heavy atom. The fourth-order valence-corrected chi connectivity index (χ4v) is 1.86. The van der Waals surface area contributed by atoms with Crippen molar-refractivity contribution in [3.05, 3.63) is 64.4 Å². The number of halogens is 2. The highest BCUT2D eigenvalue weighted by Gasteiger charge is 2.06. The van der Waals surface area contributed by atoms with Gasteiger partial charge in [-0.3, -0.25) is 4.79 Å². The van der Waals surface area contributed by atoms with E-state index in [0.717, 1.165) is 5.69 Å². The average molecular weight is 279 g/mol. The van der Waals surface area contributed by atoms with Crippen molar-refractivity contribution in [2.75, 3.05) is 5.32 Å². The van der Waals surface area contributed by atoms with Crippen LogP contribution in [0.5, 0.6) is 0 Å². The molecule has 0 aliphatic carbocycles. The van der Waals surface area contributed by atoms with Gasteiger partial charge in [0, 0.05) is 17.8 Å². The summed E-state index contributed by atoms with van der Waals surface area (Å²) >= 11 is 5.85. The Labute approximate surface area is 115 Å². The van der Waals surface area contributed by atoms with Crippen LogP contribution < -0.4 is 11.1 Å². The molecule has 0 saturated heterocycles. The molecule has 2 aromatic carbocycles. The molecule has 5 heteroatoms. The third kappa shape index (κ3) is 3.23. The zero-order valence-electron chi connectivity index (χ0n) is 9.99. The molecule has 2 aromatic rings. The standard InChI is InChI=1S/C14H12ClFN2O/c15-13-10(4-2-6-12(13)16)8-18-11-5-1-3-9(7-11)14(17)19/h1-7,18H,8H2,(H2,17,19). The highest BCUT2D eigenvalue weighted by Crippen LogP contribution is 2.21. The second kappa shape index (κ2) is 5.71. The Morgan fingerprint density at radius 3 is 2.74 bits per heavy atom. The maximum Gasteiger partial charge on any atom is 0.248 e. The second-order valence-corrected chi connectivity index (χ2v) is 4.39. The van der Waals surface area contributed by atoms with Gasteiger partial charge in [0.05, 0.1) is 5.02 Å². The largest absolute Gasteiger partial charge is 0.381 e. The number of anilines is 1. The van der Waals surface area contributed by atoms with Crippen molar-refractivity contribution in [1.29, 1.82) is 0 Å². The Bertz CT molecular complexity index is 616.